The number of hydrogen-bond acceptors (Lipinski definition) is 5. The number of aromatic hydroxyl groups is 1. The highest BCUT2D eigenvalue weighted by Crippen LogP contribution is 2.23. The van der Waals surface area contributed by atoms with Crippen molar-refractivity contribution in [3.05, 3.63) is 49.6 Å². The lowest BCUT2D eigenvalue weighted by molar-refractivity contribution is 0.472. The summed E-state index contributed by atoms with van der Waals surface area (Å²) < 4.78 is 1.67. The molecule has 8 heteroatoms. The number of nitrogens with zero attached hydrogens (tertiary/aromatic N) is 3. The van der Waals surface area contributed by atoms with Gasteiger partial charge in [0.05, 0.1) is 10.7 Å². The predicted molar refractivity (Wildman–Crippen MR) is 72.5 cm³/mol. The van der Waals surface area contributed by atoms with Crippen molar-refractivity contribution in [2.45, 2.75) is 0 Å². The van der Waals surface area contributed by atoms with Gasteiger partial charge in [0.2, 0.25) is 4.77 Å². The number of phenolic OH excluding ortho intramolecular Hbond substituents is 1. The molecule has 0 saturated heterocycles. The Balaban J connectivity index is 2.39. The van der Waals surface area contributed by atoms with E-state index in [1.54, 1.807) is 12.1 Å². The van der Waals surface area contributed by atoms with Gasteiger partial charge in [0.25, 0.3) is 5.56 Å². The van der Waals surface area contributed by atoms with E-state index in [1.807, 2.05) is 0 Å². The molecule has 0 aliphatic rings. The molecule has 0 aliphatic heterocycles. The normalized spacial score (nSPS) is 10.9. The Bertz CT molecular complexity index is 694. The summed E-state index contributed by atoms with van der Waals surface area (Å²) in [4.78, 5) is 11.4. The third kappa shape index (κ3) is 2.71. The molecule has 0 amide bonds. The van der Waals surface area contributed by atoms with E-state index in [0.29, 0.717) is 10.0 Å². The van der Waals surface area contributed by atoms with E-state index in [0.717, 1.165) is 10.9 Å². The standard InChI is InChI=1S/C10H7BrN4O2S/c11-7-3-6(1-2-8(7)16)4-13-15-9(17)5-12-14-10(15)18/h1-5,16H,(H,14,18)/b13-4-. The molecule has 0 aliphatic carbocycles. The molecule has 0 spiro atoms. The first-order valence-electron chi connectivity index (χ1n) is 4.77. The summed E-state index contributed by atoms with van der Waals surface area (Å²) in [6.07, 6.45) is 2.54. The number of rotatable bonds is 2. The number of aromatic amines is 1. The number of nitrogens with one attached hydrogen (secondary N) is 1. The van der Waals surface area contributed by atoms with Crippen molar-refractivity contribution < 1.29 is 5.11 Å². The van der Waals surface area contributed by atoms with Gasteiger partial charge in [0, 0.05) is 0 Å². The molecule has 0 atom stereocenters. The Hall–Kier alpha value is -1.80. The number of halogens is 1. The minimum atomic E-state index is -0.423. The fraction of sp³-hybridized carbons (Fsp3) is 0. The van der Waals surface area contributed by atoms with Crippen LogP contribution >= 0.6 is 28.1 Å². The summed E-state index contributed by atoms with van der Waals surface area (Å²) in [6.45, 7) is 0. The van der Waals surface area contributed by atoms with Crippen LogP contribution < -0.4 is 5.56 Å². The van der Waals surface area contributed by atoms with Gasteiger partial charge in [-0.05, 0) is 51.9 Å². The first-order chi connectivity index (χ1) is 8.58. The highest BCUT2D eigenvalue weighted by molar-refractivity contribution is 9.10. The number of aromatic nitrogens is 3. The Morgan fingerprint density at radius 2 is 2.33 bits per heavy atom. The lowest BCUT2D eigenvalue weighted by atomic mass is 10.2. The first-order valence-corrected chi connectivity index (χ1v) is 5.97. The quantitative estimate of drug-likeness (QED) is 0.649. The van der Waals surface area contributed by atoms with Crippen molar-refractivity contribution in [1.29, 1.82) is 0 Å². The number of hydrogen-bond donors (Lipinski definition) is 2. The minimum Gasteiger partial charge on any atom is -0.507 e. The average Bonchev–Trinajstić information content (AvgIpc) is 2.33. The van der Waals surface area contributed by atoms with Gasteiger partial charge < -0.3 is 5.11 Å². The van der Waals surface area contributed by atoms with Crippen LogP contribution in [0.1, 0.15) is 5.56 Å². The zero-order chi connectivity index (χ0) is 13.1. The molecule has 1 aromatic heterocycles. The van der Waals surface area contributed by atoms with Gasteiger partial charge >= 0.3 is 0 Å². The summed E-state index contributed by atoms with van der Waals surface area (Å²) in [5.41, 5.74) is 0.283. The molecule has 0 unspecified atom stereocenters. The first kappa shape index (κ1) is 12.7. The van der Waals surface area contributed by atoms with Crippen LogP contribution in [0.3, 0.4) is 0 Å². The third-order valence-electron chi connectivity index (χ3n) is 2.03. The molecule has 0 saturated carbocycles. The summed E-state index contributed by atoms with van der Waals surface area (Å²) in [5, 5.41) is 19.3. The lowest BCUT2D eigenvalue weighted by Gasteiger charge is -1.99. The van der Waals surface area contributed by atoms with E-state index in [1.165, 1.54) is 12.3 Å². The van der Waals surface area contributed by atoms with Crippen LogP contribution in [-0.2, 0) is 0 Å². The molecule has 1 heterocycles. The van der Waals surface area contributed by atoms with E-state index < -0.39 is 5.56 Å². The van der Waals surface area contributed by atoms with Gasteiger partial charge in [-0.3, -0.25) is 9.89 Å². The van der Waals surface area contributed by atoms with Gasteiger partial charge in [-0.25, -0.2) is 0 Å². The van der Waals surface area contributed by atoms with E-state index >= 15 is 0 Å². The van der Waals surface area contributed by atoms with Crippen LogP contribution in [0.5, 0.6) is 5.75 Å². The topological polar surface area (TPSA) is 83.3 Å². The number of benzene rings is 1. The van der Waals surface area contributed by atoms with Crippen molar-refractivity contribution >= 4 is 34.4 Å². The smallest absolute Gasteiger partial charge is 0.293 e. The highest BCUT2D eigenvalue weighted by Gasteiger charge is 1.98. The number of H-pyrrole nitrogens is 1. The van der Waals surface area contributed by atoms with Gasteiger partial charge in [-0.2, -0.15) is 14.9 Å². The van der Waals surface area contributed by atoms with Crippen LogP contribution in [0.2, 0.25) is 0 Å². The van der Waals surface area contributed by atoms with Crippen molar-refractivity contribution in [3.8, 4) is 5.75 Å². The largest absolute Gasteiger partial charge is 0.507 e. The van der Waals surface area contributed by atoms with Crippen LogP contribution in [0, 0.1) is 4.77 Å². The fourth-order valence-electron chi connectivity index (χ4n) is 1.18. The fourth-order valence-corrected chi connectivity index (χ4v) is 1.77. The second-order valence-corrected chi connectivity index (χ2v) is 4.52. The molecule has 2 N–H and O–H groups in total. The number of phenols is 1. The molecule has 92 valence electrons. The molecule has 6 nitrogen and oxygen atoms in total. The molecular formula is C10H7BrN4O2S. The maximum atomic E-state index is 11.4. The Labute approximate surface area is 115 Å². The molecule has 0 fully saturated rings. The zero-order valence-corrected chi connectivity index (χ0v) is 11.3. The summed E-state index contributed by atoms with van der Waals surface area (Å²) in [5.74, 6) is 0.130. The Morgan fingerprint density at radius 1 is 1.56 bits per heavy atom. The van der Waals surface area contributed by atoms with Crippen molar-refractivity contribution in [2.24, 2.45) is 5.10 Å². The Morgan fingerprint density at radius 3 is 3.00 bits per heavy atom. The molecule has 1 aromatic carbocycles. The summed E-state index contributed by atoms with van der Waals surface area (Å²) in [6, 6.07) is 4.84. The van der Waals surface area contributed by atoms with Crippen LogP contribution in [0.4, 0.5) is 0 Å². The summed E-state index contributed by atoms with van der Waals surface area (Å²) in [7, 11) is 0. The minimum absolute atomic E-state index is 0.108. The van der Waals surface area contributed by atoms with Crippen LogP contribution in [0.15, 0.2) is 38.8 Å². The predicted octanol–water partition coefficient (Wildman–Crippen LogP) is 1.65. The zero-order valence-electron chi connectivity index (χ0n) is 8.87. The maximum absolute atomic E-state index is 11.4. The molecule has 18 heavy (non-hydrogen) atoms. The van der Waals surface area contributed by atoms with E-state index in [4.69, 9.17) is 12.2 Å². The second-order valence-electron chi connectivity index (χ2n) is 3.28. The molecule has 0 radical (unpaired) electrons. The third-order valence-corrected chi connectivity index (χ3v) is 2.93. The maximum Gasteiger partial charge on any atom is 0.293 e. The molecule has 0 bridgehead atoms. The molecule has 2 aromatic rings. The lowest BCUT2D eigenvalue weighted by Crippen LogP contribution is -2.18. The van der Waals surface area contributed by atoms with Gasteiger partial charge in [-0.1, -0.05) is 0 Å². The van der Waals surface area contributed by atoms with E-state index in [-0.39, 0.29) is 10.5 Å². The monoisotopic (exact) mass is 326 g/mol. The van der Waals surface area contributed by atoms with Crippen molar-refractivity contribution in [3.63, 3.8) is 0 Å². The highest BCUT2D eigenvalue weighted by atomic mass is 79.9. The van der Waals surface area contributed by atoms with Crippen molar-refractivity contribution in [2.75, 3.05) is 0 Å². The van der Waals surface area contributed by atoms with E-state index in [2.05, 4.69) is 31.2 Å². The van der Waals surface area contributed by atoms with Crippen LogP contribution in [0.25, 0.3) is 0 Å². The average molecular weight is 327 g/mol. The molecule has 2 rings (SSSR count). The van der Waals surface area contributed by atoms with Gasteiger partial charge in [0.15, 0.2) is 0 Å². The second kappa shape index (κ2) is 5.23. The molecular weight excluding hydrogens is 320 g/mol. The SMILES string of the molecule is O=c1cn[nH]c(=S)n1/N=C\c1ccc(O)c(Br)c1. The Kier molecular flexibility index (Phi) is 3.68. The van der Waals surface area contributed by atoms with Crippen LogP contribution in [-0.4, -0.2) is 26.2 Å². The van der Waals surface area contributed by atoms with Gasteiger partial charge in [0.1, 0.15) is 11.9 Å². The van der Waals surface area contributed by atoms with Crippen molar-refractivity contribution in [1.82, 2.24) is 14.9 Å². The van der Waals surface area contributed by atoms with E-state index in [9.17, 15) is 9.90 Å². The summed E-state index contributed by atoms with van der Waals surface area (Å²) >= 11 is 8.07. The van der Waals surface area contributed by atoms with Gasteiger partial charge in [-0.15, -0.1) is 0 Å².